The van der Waals surface area contributed by atoms with E-state index < -0.39 is 23.9 Å². The molecule has 30 heavy (non-hydrogen) atoms. The summed E-state index contributed by atoms with van der Waals surface area (Å²) in [6.45, 7) is 6.37. The van der Waals surface area contributed by atoms with E-state index in [1.165, 1.54) is 4.90 Å². The molecule has 3 amide bonds. The van der Waals surface area contributed by atoms with Crippen LogP contribution < -0.4 is 10.6 Å². The van der Waals surface area contributed by atoms with Crippen molar-refractivity contribution >= 4 is 18.3 Å². The first-order valence-corrected chi connectivity index (χ1v) is 10.1. The smallest absolute Gasteiger partial charge is 0.410 e. The van der Waals surface area contributed by atoms with E-state index in [2.05, 4.69) is 10.6 Å². The molecule has 0 atom stereocenters. The molecule has 2 aliphatic rings. The summed E-state index contributed by atoms with van der Waals surface area (Å²) in [7, 11) is 0. The molecular formula is C21H29N3O6. The fourth-order valence-corrected chi connectivity index (χ4v) is 3.12. The lowest BCUT2D eigenvalue weighted by Gasteiger charge is -2.41. The Bertz CT molecular complexity index is 752. The van der Waals surface area contributed by atoms with Crippen molar-refractivity contribution in [2.45, 2.75) is 64.0 Å². The molecule has 0 unspecified atom stereocenters. The van der Waals surface area contributed by atoms with Crippen molar-refractivity contribution in [3.8, 4) is 0 Å². The maximum Gasteiger partial charge on any atom is 0.410 e. The van der Waals surface area contributed by atoms with Gasteiger partial charge in [-0.1, -0.05) is 30.3 Å². The van der Waals surface area contributed by atoms with Crippen molar-refractivity contribution < 1.29 is 28.6 Å². The lowest BCUT2D eigenvalue weighted by molar-refractivity contribution is -0.00832. The van der Waals surface area contributed by atoms with Crippen LogP contribution in [0.2, 0.25) is 0 Å². The molecule has 2 fully saturated rings. The third kappa shape index (κ3) is 6.53. The second kappa shape index (κ2) is 9.23. The summed E-state index contributed by atoms with van der Waals surface area (Å²) in [5, 5.41) is 5.49. The topological polar surface area (TPSA) is 106 Å². The molecule has 1 aromatic carbocycles. The molecule has 9 heteroatoms. The zero-order valence-corrected chi connectivity index (χ0v) is 17.6. The Balaban J connectivity index is 1.25. The van der Waals surface area contributed by atoms with E-state index in [-0.39, 0.29) is 24.8 Å². The predicted molar refractivity (Wildman–Crippen MR) is 108 cm³/mol. The number of hydrogen-bond donors (Lipinski definition) is 2. The second-order valence-corrected chi connectivity index (χ2v) is 8.63. The van der Waals surface area contributed by atoms with Gasteiger partial charge in [0.2, 0.25) is 0 Å². The van der Waals surface area contributed by atoms with Crippen molar-refractivity contribution in [1.82, 2.24) is 15.5 Å². The third-order valence-electron chi connectivity index (χ3n) is 4.76. The number of amides is 3. The quantitative estimate of drug-likeness (QED) is 0.711. The summed E-state index contributed by atoms with van der Waals surface area (Å²) in [6, 6.07) is 9.21. The van der Waals surface area contributed by atoms with Gasteiger partial charge in [0.05, 0.1) is 6.04 Å². The Morgan fingerprint density at radius 1 is 1.00 bits per heavy atom. The van der Waals surface area contributed by atoms with Gasteiger partial charge in [-0.25, -0.2) is 14.4 Å². The van der Waals surface area contributed by atoms with E-state index >= 15 is 0 Å². The van der Waals surface area contributed by atoms with Crippen LogP contribution in [0, 0.1) is 0 Å². The Kier molecular flexibility index (Phi) is 6.69. The standard InChI is InChI=1S/C21H29N3O6/c1-21(2,3)30-19(26)22-15-9-17(10-15)29-20(27)24-11-16(12-24)23-18(25)28-13-14-7-5-4-6-8-14/h4-8,15-17H,9-13H2,1-3H3,(H,22,26)(H,23,25). The molecule has 1 aliphatic heterocycles. The van der Waals surface area contributed by atoms with Crippen molar-refractivity contribution in [2.75, 3.05) is 13.1 Å². The van der Waals surface area contributed by atoms with Crippen molar-refractivity contribution in [3.63, 3.8) is 0 Å². The van der Waals surface area contributed by atoms with Crippen LogP contribution in [0.25, 0.3) is 0 Å². The Morgan fingerprint density at radius 2 is 1.63 bits per heavy atom. The maximum atomic E-state index is 12.1. The number of ether oxygens (including phenoxy) is 3. The minimum atomic E-state index is -0.546. The van der Waals surface area contributed by atoms with Gasteiger partial charge in [-0.05, 0) is 26.3 Å². The van der Waals surface area contributed by atoms with E-state index in [0.29, 0.717) is 25.9 Å². The van der Waals surface area contributed by atoms with Crippen molar-refractivity contribution in [3.05, 3.63) is 35.9 Å². The van der Waals surface area contributed by atoms with Crippen LogP contribution in [-0.2, 0) is 20.8 Å². The van der Waals surface area contributed by atoms with E-state index in [4.69, 9.17) is 14.2 Å². The predicted octanol–water partition coefficient (Wildman–Crippen LogP) is 2.79. The van der Waals surface area contributed by atoms with Crippen LogP contribution in [0.5, 0.6) is 0 Å². The van der Waals surface area contributed by atoms with Crippen molar-refractivity contribution in [2.24, 2.45) is 0 Å². The molecule has 0 aromatic heterocycles. The number of carbonyl (C=O) groups is 3. The summed E-state index contributed by atoms with van der Waals surface area (Å²) in [5.74, 6) is 0. The fourth-order valence-electron chi connectivity index (χ4n) is 3.12. The zero-order chi connectivity index (χ0) is 21.7. The van der Waals surface area contributed by atoms with E-state index in [0.717, 1.165) is 5.56 Å². The van der Waals surface area contributed by atoms with Crippen molar-refractivity contribution in [1.29, 1.82) is 0 Å². The average molecular weight is 419 g/mol. The Hall–Kier alpha value is -2.97. The number of rotatable bonds is 5. The molecule has 1 aromatic rings. The maximum absolute atomic E-state index is 12.1. The highest BCUT2D eigenvalue weighted by atomic mass is 16.6. The van der Waals surface area contributed by atoms with Crippen LogP contribution in [0.4, 0.5) is 14.4 Å². The molecule has 0 spiro atoms. The van der Waals surface area contributed by atoms with E-state index in [9.17, 15) is 14.4 Å². The SMILES string of the molecule is CC(C)(C)OC(=O)NC1CC(OC(=O)N2CC(NC(=O)OCc3ccccc3)C2)C1. The largest absolute Gasteiger partial charge is 0.446 e. The van der Waals surface area contributed by atoms with Gasteiger partial charge in [-0.15, -0.1) is 0 Å². The lowest BCUT2D eigenvalue weighted by Crippen LogP contribution is -2.62. The average Bonchev–Trinajstić information content (AvgIpc) is 2.60. The molecule has 3 rings (SSSR count). The molecular weight excluding hydrogens is 390 g/mol. The normalized spacial score (nSPS) is 21.0. The minimum absolute atomic E-state index is 0.0529. The van der Waals surface area contributed by atoms with Gasteiger partial charge in [0.1, 0.15) is 18.3 Å². The monoisotopic (exact) mass is 419 g/mol. The zero-order valence-electron chi connectivity index (χ0n) is 17.6. The number of hydrogen-bond acceptors (Lipinski definition) is 6. The first-order valence-electron chi connectivity index (χ1n) is 10.1. The molecule has 9 nitrogen and oxygen atoms in total. The molecule has 0 bridgehead atoms. The molecule has 1 saturated carbocycles. The highest BCUT2D eigenvalue weighted by Gasteiger charge is 2.38. The number of benzene rings is 1. The highest BCUT2D eigenvalue weighted by Crippen LogP contribution is 2.25. The third-order valence-corrected chi connectivity index (χ3v) is 4.76. The first-order chi connectivity index (χ1) is 14.2. The lowest BCUT2D eigenvalue weighted by atomic mass is 9.89. The summed E-state index contributed by atoms with van der Waals surface area (Å²) in [6.07, 6.45) is -0.481. The van der Waals surface area contributed by atoms with Crippen LogP contribution in [0.3, 0.4) is 0 Å². The highest BCUT2D eigenvalue weighted by molar-refractivity contribution is 5.71. The number of nitrogens with one attached hydrogen (secondary N) is 2. The van der Waals surface area contributed by atoms with Gasteiger partial charge in [-0.2, -0.15) is 0 Å². The summed E-state index contributed by atoms with van der Waals surface area (Å²) < 4.78 is 15.8. The Labute approximate surface area is 176 Å². The molecule has 1 heterocycles. The molecule has 164 valence electrons. The van der Waals surface area contributed by atoms with Gasteiger partial charge in [-0.3, -0.25) is 0 Å². The summed E-state index contributed by atoms with van der Waals surface area (Å²) in [4.78, 5) is 37.2. The number of likely N-dealkylation sites (tertiary alicyclic amines) is 1. The second-order valence-electron chi connectivity index (χ2n) is 8.63. The minimum Gasteiger partial charge on any atom is -0.446 e. The van der Waals surface area contributed by atoms with Gasteiger partial charge in [0, 0.05) is 32.0 Å². The number of alkyl carbamates (subject to hydrolysis) is 2. The van der Waals surface area contributed by atoms with Gasteiger partial charge in [0.25, 0.3) is 0 Å². The first kappa shape index (κ1) is 21.7. The molecule has 2 N–H and O–H groups in total. The molecule has 1 saturated heterocycles. The molecule has 0 radical (unpaired) electrons. The van der Waals surface area contributed by atoms with Gasteiger partial charge in [0.15, 0.2) is 0 Å². The molecule has 1 aliphatic carbocycles. The summed E-state index contributed by atoms with van der Waals surface area (Å²) >= 11 is 0. The van der Waals surface area contributed by atoms with E-state index in [1.54, 1.807) is 20.8 Å². The number of carbonyl (C=O) groups excluding carboxylic acids is 3. The fraction of sp³-hybridized carbons (Fsp3) is 0.571. The number of nitrogens with zero attached hydrogens (tertiary/aromatic N) is 1. The van der Waals surface area contributed by atoms with Crippen LogP contribution in [-0.4, -0.2) is 60.1 Å². The van der Waals surface area contributed by atoms with Crippen LogP contribution in [0.15, 0.2) is 30.3 Å². The van der Waals surface area contributed by atoms with Crippen LogP contribution >= 0.6 is 0 Å². The van der Waals surface area contributed by atoms with Gasteiger partial charge < -0.3 is 29.7 Å². The van der Waals surface area contributed by atoms with E-state index in [1.807, 2.05) is 30.3 Å². The Morgan fingerprint density at radius 3 is 2.27 bits per heavy atom. The summed E-state index contributed by atoms with van der Waals surface area (Å²) in [5.41, 5.74) is 0.363. The van der Waals surface area contributed by atoms with Crippen LogP contribution in [0.1, 0.15) is 39.2 Å². The van der Waals surface area contributed by atoms with Gasteiger partial charge >= 0.3 is 18.3 Å².